The Kier molecular flexibility index (Phi) is 3.95. The van der Waals surface area contributed by atoms with Crippen LogP contribution in [0.3, 0.4) is 0 Å². The van der Waals surface area contributed by atoms with Gasteiger partial charge in [-0.1, -0.05) is 0 Å². The van der Waals surface area contributed by atoms with Gasteiger partial charge in [-0.05, 0) is 6.92 Å². The fourth-order valence-electron chi connectivity index (χ4n) is 1.19. The van der Waals surface area contributed by atoms with Gasteiger partial charge in [-0.15, -0.1) is 0 Å². The van der Waals surface area contributed by atoms with E-state index in [0.717, 1.165) is 0 Å². The molecule has 17 heavy (non-hydrogen) atoms. The summed E-state index contributed by atoms with van der Waals surface area (Å²) in [4.78, 5) is 11.1. The van der Waals surface area contributed by atoms with Gasteiger partial charge in [0.25, 0.3) is 0 Å². The molecule has 0 fully saturated rings. The van der Waals surface area contributed by atoms with Crippen LogP contribution in [0.4, 0.5) is 13.2 Å². The van der Waals surface area contributed by atoms with Gasteiger partial charge in [0, 0.05) is 6.07 Å². The summed E-state index contributed by atoms with van der Waals surface area (Å²) in [6.45, 7) is 1.31. The van der Waals surface area contributed by atoms with Crippen LogP contribution in [-0.4, -0.2) is 22.8 Å². The zero-order chi connectivity index (χ0) is 13.2. The lowest BCUT2D eigenvalue weighted by Gasteiger charge is -2.13. The van der Waals surface area contributed by atoms with Crippen molar-refractivity contribution in [1.82, 2.24) is 0 Å². The zero-order valence-electron chi connectivity index (χ0n) is 8.71. The largest absolute Gasteiger partial charge is 0.504 e. The fraction of sp³-hybridized carbons (Fsp3) is 0.300. The number of phenolic OH excluding ortho intramolecular Hbond substituents is 1. The average molecular weight is 250 g/mol. The molecule has 0 aromatic heterocycles. The number of aliphatic hydroxyl groups excluding tert-OH is 1. The molecule has 4 nitrogen and oxygen atoms in total. The normalized spacial score (nSPS) is 12.3. The first-order valence-electron chi connectivity index (χ1n) is 4.61. The van der Waals surface area contributed by atoms with Crippen molar-refractivity contribution in [2.24, 2.45) is 0 Å². The number of benzene rings is 1. The van der Waals surface area contributed by atoms with Gasteiger partial charge in [0.15, 0.2) is 29.3 Å². The SMILES string of the molecule is CCOC(=O)C(O)c1c(O)c(F)cc(F)c1F. The monoisotopic (exact) mass is 250 g/mol. The summed E-state index contributed by atoms with van der Waals surface area (Å²) in [6.07, 6.45) is -2.29. The molecule has 0 saturated carbocycles. The number of rotatable bonds is 3. The molecule has 0 radical (unpaired) electrons. The van der Waals surface area contributed by atoms with E-state index in [-0.39, 0.29) is 12.7 Å². The number of hydrogen-bond acceptors (Lipinski definition) is 4. The molecule has 7 heteroatoms. The van der Waals surface area contributed by atoms with Crippen molar-refractivity contribution in [3.63, 3.8) is 0 Å². The first-order chi connectivity index (χ1) is 7.90. The lowest BCUT2D eigenvalue weighted by Crippen LogP contribution is -2.17. The topological polar surface area (TPSA) is 66.8 Å². The summed E-state index contributed by atoms with van der Waals surface area (Å²) in [7, 11) is 0. The number of phenols is 1. The van der Waals surface area contributed by atoms with Crippen LogP contribution in [0.15, 0.2) is 6.07 Å². The highest BCUT2D eigenvalue weighted by Gasteiger charge is 2.29. The standard InChI is InChI=1S/C10H9F3O4/c1-2-17-10(16)9(15)6-7(13)4(11)3-5(12)8(6)14/h3,9,14-15H,2H2,1H3. The quantitative estimate of drug-likeness (QED) is 0.628. The van der Waals surface area contributed by atoms with Crippen LogP contribution >= 0.6 is 0 Å². The summed E-state index contributed by atoms with van der Waals surface area (Å²) in [5.41, 5.74) is -1.18. The van der Waals surface area contributed by atoms with Gasteiger partial charge >= 0.3 is 5.97 Å². The molecular formula is C10H9F3O4. The second-order valence-electron chi connectivity index (χ2n) is 3.07. The Morgan fingerprint density at radius 1 is 1.41 bits per heavy atom. The maximum absolute atomic E-state index is 13.2. The Morgan fingerprint density at radius 2 is 2.00 bits per heavy atom. The molecule has 0 saturated heterocycles. The Balaban J connectivity index is 3.25. The number of hydrogen-bond donors (Lipinski definition) is 2. The van der Waals surface area contributed by atoms with Crippen molar-refractivity contribution in [1.29, 1.82) is 0 Å². The van der Waals surface area contributed by atoms with E-state index in [1.54, 1.807) is 0 Å². The van der Waals surface area contributed by atoms with Crippen molar-refractivity contribution < 1.29 is 32.9 Å². The highest BCUT2D eigenvalue weighted by atomic mass is 19.2. The van der Waals surface area contributed by atoms with E-state index in [9.17, 15) is 23.1 Å². The number of esters is 1. The van der Waals surface area contributed by atoms with Gasteiger partial charge in [-0.25, -0.2) is 18.0 Å². The zero-order valence-corrected chi connectivity index (χ0v) is 8.71. The van der Waals surface area contributed by atoms with Gasteiger partial charge in [0.1, 0.15) is 0 Å². The van der Waals surface area contributed by atoms with Gasteiger partial charge in [-0.3, -0.25) is 0 Å². The summed E-state index contributed by atoms with van der Waals surface area (Å²) in [5.74, 6) is -7.46. The highest BCUT2D eigenvalue weighted by molar-refractivity contribution is 5.77. The first kappa shape index (κ1) is 13.3. The molecule has 0 aliphatic heterocycles. The van der Waals surface area contributed by atoms with Gasteiger partial charge in [-0.2, -0.15) is 0 Å². The second-order valence-corrected chi connectivity index (χ2v) is 3.07. The maximum Gasteiger partial charge on any atom is 0.339 e. The number of aliphatic hydroxyl groups is 1. The van der Waals surface area contributed by atoms with Crippen molar-refractivity contribution in [3.05, 3.63) is 29.1 Å². The van der Waals surface area contributed by atoms with E-state index < -0.39 is 40.8 Å². The molecular weight excluding hydrogens is 241 g/mol. The Morgan fingerprint density at radius 3 is 2.53 bits per heavy atom. The molecule has 1 aromatic carbocycles. The molecule has 0 spiro atoms. The number of carbonyl (C=O) groups excluding carboxylic acids is 1. The van der Waals surface area contributed by atoms with Crippen LogP contribution < -0.4 is 0 Å². The Labute approximate surface area is 94.3 Å². The molecule has 0 aliphatic rings. The van der Waals surface area contributed by atoms with Crippen LogP contribution in [0, 0.1) is 17.5 Å². The van der Waals surface area contributed by atoms with Gasteiger partial charge in [0.2, 0.25) is 0 Å². The smallest absolute Gasteiger partial charge is 0.339 e. The third-order valence-electron chi connectivity index (χ3n) is 1.96. The minimum Gasteiger partial charge on any atom is -0.504 e. The molecule has 1 atom stereocenters. The van der Waals surface area contributed by atoms with Crippen molar-refractivity contribution in [2.45, 2.75) is 13.0 Å². The second kappa shape index (κ2) is 5.05. The third kappa shape index (κ3) is 2.50. The van der Waals surface area contributed by atoms with E-state index >= 15 is 0 Å². The van der Waals surface area contributed by atoms with Crippen LogP contribution in [0.5, 0.6) is 5.75 Å². The molecule has 0 heterocycles. The molecule has 2 N–H and O–H groups in total. The first-order valence-corrected chi connectivity index (χ1v) is 4.61. The average Bonchev–Trinajstić information content (AvgIpc) is 2.27. The number of halogens is 3. The molecule has 0 aliphatic carbocycles. The number of carbonyl (C=O) groups is 1. The lowest BCUT2D eigenvalue weighted by atomic mass is 10.1. The fourth-order valence-corrected chi connectivity index (χ4v) is 1.19. The van der Waals surface area contributed by atoms with E-state index in [0.29, 0.717) is 0 Å². The summed E-state index contributed by atoms with van der Waals surface area (Å²) >= 11 is 0. The molecule has 0 bridgehead atoms. The Bertz CT molecular complexity index is 421. The predicted molar refractivity (Wildman–Crippen MR) is 49.6 cm³/mol. The van der Waals surface area contributed by atoms with E-state index in [4.69, 9.17) is 5.11 Å². The van der Waals surface area contributed by atoms with E-state index in [2.05, 4.69) is 4.74 Å². The minimum absolute atomic E-state index is 0.103. The minimum atomic E-state index is -2.29. The van der Waals surface area contributed by atoms with Crippen molar-refractivity contribution in [2.75, 3.05) is 6.61 Å². The van der Waals surface area contributed by atoms with Gasteiger partial charge in [0.05, 0.1) is 12.2 Å². The van der Waals surface area contributed by atoms with Gasteiger partial charge < -0.3 is 14.9 Å². The molecule has 94 valence electrons. The third-order valence-corrected chi connectivity index (χ3v) is 1.96. The lowest BCUT2D eigenvalue weighted by molar-refractivity contribution is -0.153. The van der Waals surface area contributed by atoms with Crippen LogP contribution in [0.2, 0.25) is 0 Å². The predicted octanol–water partition coefficient (Wildman–Crippen LogP) is 1.41. The van der Waals surface area contributed by atoms with Crippen molar-refractivity contribution in [3.8, 4) is 5.75 Å². The summed E-state index contributed by atoms with van der Waals surface area (Å²) in [5, 5.41) is 18.5. The van der Waals surface area contributed by atoms with Crippen molar-refractivity contribution >= 4 is 5.97 Å². The van der Waals surface area contributed by atoms with Crippen LogP contribution in [0.25, 0.3) is 0 Å². The molecule has 0 amide bonds. The summed E-state index contributed by atoms with van der Waals surface area (Å²) < 4.78 is 43.3. The summed E-state index contributed by atoms with van der Waals surface area (Å²) in [6, 6.07) is 0.103. The highest BCUT2D eigenvalue weighted by Crippen LogP contribution is 2.32. The van der Waals surface area contributed by atoms with Crippen LogP contribution in [0.1, 0.15) is 18.6 Å². The molecule has 1 unspecified atom stereocenters. The van der Waals surface area contributed by atoms with E-state index in [1.165, 1.54) is 6.92 Å². The maximum atomic E-state index is 13.2. The van der Waals surface area contributed by atoms with Crippen LogP contribution in [-0.2, 0) is 9.53 Å². The molecule has 1 rings (SSSR count). The van der Waals surface area contributed by atoms with E-state index in [1.807, 2.05) is 0 Å². The number of aromatic hydroxyl groups is 1. The number of ether oxygens (including phenoxy) is 1. The Hall–Kier alpha value is -1.76. The molecule has 1 aromatic rings.